The molecule has 0 atom stereocenters. The first-order valence-corrected chi connectivity index (χ1v) is 7.41. The van der Waals surface area contributed by atoms with Crippen LogP contribution in [0.25, 0.3) is 10.9 Å². The van der Waals surface area contributed by atoms with Gasteiger partial charge in [-0.25, -0.2) is 4.68 Å². The number of hydrogen-bond donors (Lipinski definition) is 0. The van der Waals surface area contributed by atoms with Crippen LogP contribution in [0.4, 0.5) is 0 Å². The molecular weight excluding hydrogens is 312 g/mol. The van der Waals surface area contributed by atoms with Gasteiger partial charge in [0, 0.05) is 22.2 Å². The Kier molecular flexibility index (Phi) is 3.85. The van der Waals surface area contributed by atoms with E-state index in [-0.39, 0.29) is 12.1 Å². The largest absolute Gasteiger partial charge is 0.285 e. The van der Waals surface area contributed by atoms with Crippen LogP contribution in [-0.4, -0.2) is 14.8 Å². The van der Waals surface area contributed by atoms with E-state index >= 15 is 0 Å². The Bertz CT molecular complexity index is 1020. The summed E-state index contributed by atoms with van der Waals surface area (Å²) in [4.78, 5) is 16.8. The van der Waals surface area contributed by atoms with Crippen LogP contribution in [0.15, 0.2) is 35.3 Å². The third-order valence-corrected chi connectivity index (χ3v) is 4.20. The predicted octanol–water partition coefficient (Wildman–Crippen LogP) is 2.98. The topological polar surface area (TPSA) is 71.6 Å². The predicted molar refractivity (Wildman–Crippen MR) is 88.5 cm³/mol. The molecule has 0 aliphatic carbocycles. The Morgan fingerprint density at radius 2 is 2.09 bits per heavy atom. The molecule has 3 aromatic rings. The van der Waals surface area contributed by atoms with Crippen LogP contribution in [0.2, 0.25) is 5.02 Å². The molecule has 114 valence electrons. The van der Waals surface area contributed by atoms with Gasteiger partial charge in [-0.15, -0.1) is 0 Å². The van der Waals surface area contributed by atoms with E-state index in [0.717, 1.165) is 16.5 Å². The van der Waals surface area contributed by atoms with Crippen molar-refractivity contribution in [2.45, 2.75) is 20.4 Å². The van der Waals surface area contributed by atoms with Gasteiger partial charge < -0.3 is 0 Å². The summed E-state index contributed by atoms with van der Waals surface area (Å²) in [5.74, 6) is 0. The molecule has 1 aromatic carbocycles. The Morgan fingerprint density at radius 1 is 1.30 bits per heavy atom. The molecule has 0 saturated heterocycles. The van der Waals surface area contributed by atoms with Gasteiger partial charge in [-0.3, -0.25) is 9.78 Å². The van der Waals surface area contributed by atoms with Crippen molar-refractivity contribution in [3.63, 3.8) is 0 Å². The second-order valence-electron chi connectivity index (χ2n) is 5.27. The lowest BCUT2D eigenvalue weighted by Gasteiger charge is -2.11. The number of fused-ring (bicyclic) bond motifs is 1. The highest BCUT2D eigenvalue weighted by molar-refractivity contribution is 6.35. The zero-order valence-corrected chi connectivity index (χ0v) is 13.4. The Labute approximate surface area is 137 Å². The summed E-state index contributed by atoms with van der Waals surface area (Å²) < 4.78 is 1.30. The fraction of sp³-hybridized carbons (Fsp3) is 0.176. The van der Waals surface area contributed by atoms with E-state index in [1.54, 1.807) is 26.1 Å². The molecule has 0 spiro atoms. The monoisotopic (exact) mass is 324 g/mol. The molecule has 0 N–H and O–H groups in total. The summed E-state index contributed by atoms with van der Waals surface area (Å²) in [6.07, 6.45) is 1.68. The van der Waals surface area contributed by atoms with Crippen molar-refractivity contribution in [1.82, 2.24) is 14.8 Å². The van der Waals surface area contributed by atoms with E-state index in [1.807, 2.05) is 24.3 Å². The number of aryl methyl sites for hydroxylation is 1. The lowest BCUT2D eigenvalue weighted by Crippen LogP contribution is -2.28. The van der Waals surface area contributed by atoms with Gasteiger partial charge in [-0.2, -0.15) is 10.4 Å². The number of hydrogen-bond acceptors (Lipinski definition) is 4. The lowest BCUT2D eigenvalue weighted by molar-refractivity contribution is 0.624. The van der Waals surface area contributed by atoms with Crippen LogP contribution in [0, 0.1) is 25.2 Å². The summed E-state index contributed by atoms with van der Waals surface area (Å²) in [7, 11) is 0. The van der Waals surface area contributed by atoms with Gasteiger partial charge in [0.1, 0.15) is 11.6 Å². The number of nitriles is 1. The SMILES string of the molecule is Cc1nn(Cc2ccc(Cl)c3cccnc23)c(=O)c(C#N)c1C. The van der Waals surface area contributed by atoms with E-state index in [0.29, 0.717) is 16.3 Å². The minimum atomic E-state index is -0.394. The molecule has 0 saturated carbocycles. The number of rotatable bonds is 2. The lowest BCUT2D eigenvalue weighted by atomic mass is 10.1. The maximum atomic E-state index is 12.4. The molecule has 0 bridgehead atoms. The van der Waals surface area contributed by atoms with Crippen LogP contribution < -0.4 is 5.56 Å². The van der Waals surface area contributed by atoms with Crippen molar-refractivity contribution in [2.24, 2.45) is 0 Å². The molecule has 23 heavy (non-hydrogen) atoms. The van der Waals surface area contributed by atoms with Crippen LogP contribution in [-0.2, 0) is 6.54 Å². The third-order valence-electron chi connectivity index (χ3n) is 3.87. The minimum Gasteiger partial charge on any atom is -0.266 e. The van der Waals surface area contributed by atoms with Crippen molar-refractivity contribution in [2.75, 3.05) is 0 Å². The van der Waals surface area contributed by atoms with Crippen molar-refractivity contribution in [3.05, 3.63) is 68.2 Å². The highest BCUT2D eigenvalue weighted by Gasteiger charge is 2.13. The van der Waals surface area contributed by atoms with Gasteiger partial charge in [0.25, 0.3) is 5.56 Å². The fourth-order valence-electron chi connectivity index (χ4n) is 2.50. The molecule has 2 heterocycles. The first kappa shape index (κ1) is 15.2. The van der Waals surface area contributed by atoms with E-state index in [4.69, 9.17) is 11.6 Å². The summed E-state index contributed by atoms with van der Waals surface area (Å²) in [5, 5.41) is 14.9. The van der Waals surface area contributed by atoms with Crippen LogP contribution in [0.1, 0.15) is 22.4 Å². The zero-order chi connectivity index (χ0) is 16.6. The first-order valence-electron chi connectivity index (χ1n) is 7.03. The molecule has 6 heteroatoms. The molecule has 0 radical (unpaired) electrons. The average Bonchev–Trinajstić information content (AvgIpc) is 2.56. The summed E-state index contributed by atoms with van der Waals surface area (Å²) in [5.41, 5.74) is 2.57. The molecule has 2 aromatic heterocycles. The molecule has 0 fully saturated rings. The number of pyridine rings is 1. The average molecular weight is 325 g/mol. The van der Waals surface area contributed by atoms with Gasteiger partial charge >= 0.3 is 0 Å². The Morgan fingerprint density at radius 3 is 2.83 bits per heavy atom. The van der Waals surface area contributed by atoms with Gasteiger partial charge in [0.15, 0.2) is 0 Å². The standard InChI is InChI=1S/C17H13ClN4O/c1-10-11(2)21-22(17(23)14(10)8-19)9-12-5-6-15(18)13-4-3-7-20-16(12)13/h3-7H,9H2,1-2H3. The van der Waals surface area contributed by atoms with E-state index in [1.165, 1.54) is 4.68 Å². The minimum absolute atomic E-state index is 0.128. The first-order chi connectivity index (χ1) is 11.0. The molecule has 0 amide bonds. The summed E-state index contributed by atoms with van der Waals surface area (Å²) in [6, 6.07) is 9.26. The Hall–Kier alpha value is -2.71. The fourth-order valence-corrected chi connectivity index (χ4v) is 2.71. The van der Waals surface area contributed by atoms with E-state index in [2.05, 4.69) is 10.1 Å². The number of halogens is 1. The number of aromatic nitrogens is 3. The van der Waals surface area contributed by atoms with Gasteiger partial charge in [-0.05, 0) is 37.6 Å². The second kappa shape index (κ2) is 5.82. The van der Waals surface area contributed by atoms with Crippen LogP contribution >= 0.6 is 11.6 Å². The molecule has 3 rings (SSSR count). The van der Waals surface area contributed by atoms with Crippen molar-refractivity contribution < 1.29 is 0 Å². The number of nitrogens with zero attached hydrogens (tertiary/aromatic N) is 4. The zero-order valence-electron chi connectivity index (χ0n) is 12.7. The second-order valence-corrected chi connectivity index (χ2v) is 5.67. The van der Waals surface area contributed by atoms with Crippen LogP contribution in [0.3, 0.4) is 0 Å². The van der Waals surface area contributed by atoms with Crippen molar-refractivity contribution in [3.8, 4) is 6.07 Å². The normalized spacial score (nSPS) is 10.7. The van der Waals surface area contributed by atoms with Gasteiger partial charge in [0.05, 0.1) is 17.8 Å². The molecule has 5 nitrogen and oxygen atoms in total. The molecule has 0 unspecified atom stereocenters. The quantitative estimate of drug-likeness (QED) is 0.726. The Balaban J connectivity index is 2.18. The van der Waals surface area contributed by atoms with E-state index in [9.17, 15) is 10.1 Å². The highest BCUT2D eigenvalue weighted by atomic mass is 35.5. The van der Waals surface area contributed by atoms with Gasteiger partial charge in [0.2, 0.25) is 0 Å². The maximum Gasteiger partial charge on any atom is 0.285 e. The summed E-state index contributed by atoms with van der Waals surface area (Å²) >= 11 is 6.19. The van der Waals surface area contributed by atoms with Gasteiger partial charge in [-0.1, -0.05) is 17.7 Å². The smallest absolute Gasteiger partial charge is 0.266 e. The highest BCUT2D eigenvalue weighted by Crippen LogP contribution is 2.25. The number of benzene rings is 1. The van der Waals surface area contributed by atoms with Crippen molar-refractivity contribution >= 4 is 22.5 Å². The van der Waals surface area contributed by atoms with E-state index < -0.39 is 5.56 Å². The molecule has 0 aliphatic rings. The maximum absolute atomic E-state index is 12.4. The molecule has 0 aliphatic heterocycles. The molecular formula is C17H13ClN4O. The third kappa shape index (κ3) is 2.58. The van der Waals surface area contributed by atoms with Crippen molar-refractivity contribution in [1.29, 1.82) is 5.26 Å². The summed E-state index contributed by atoms with van der Waals surface area (Å²) in [6.45, 7) is 3.75. The van der Waals surface area contributed by atoms with Crippen LogP contribution in [0.5, 0.6) is 0 Å².